The Kier molecular flexibility index (Phi) is 5.64. The molecule has 0 aliphatic heterocycles. The van der Waals surface area contributed by atoms with Crippen LogP contribution < -0.4 is 10.6 Å². The van der Waals surface area contributed by atoms with Crippen LogP contribution in [0.5, 0.6) is 0 Å². The fourth-order valence-electron chi connectivity index (χ4n) is 2.02. The lowest BCUT2D eigenvalue weighted by Crippen LogP contribution is -2.25. The molecule has 126 valence electrons. The molecule has 0 fully saturated rings. The van der Waals surface area contributed by atoms with Crippen molar-refractivity contribution in [2.24, 2.45) is 0 Å². The fourth-order valence-corrected chi connectivity index (χ4v) is 2.83. The molecule has 0 atom stereocenters. The van der Waals surface area contributed by atoms with Crippen LogP contribution in [0, 0.1) is 13.8 Å². The van der Waals surface area contributed by atoms with Gasteiger partial charge in [0.1, 0.15) is 5.69 Å². The summed E-state index contributed by atoms with van der Waals surface area (Å²) in [6.07, 6.45) is -0.133. The van der Waals surface area contributed by atoms with Gasteiger partial charge in [0.05, 0.1) is 11.4 Å². The molecule has 0 saturated heterocycles. The number of carboxylic acids is 1. The fraction of sp³-hybridized carbons (Fsp3) is 0.250. The average molecular weight is 347 g/mol. The normalized spacial score (nSPS) is 10.2. The van der Waals surface area contributed by atoms with Gasteiger partial charge in [0.15, 0.2) is 0 Å². The SMILES string of the molecule is Cc1nc(C(=O)Nc2ccc(C(=O)NCCC(=O)O)cc2)c(C)s1. The van der Waals surface area contributed by atoms with Gasteiger partial charge in [0.25, 0.3) is 11.8 Å². The molecule has 7 nitrogen and oxygen atoms in total. The van der Waals surface area contributed by atoms with Gasteiger partial charge in [0, 0.05) is 22.7 Å². The number of thiazole rings is 1. The van der Waals surface area contributed by atoms with Crippen molar-refractivity contribution >= 4 is 34.8 Å². The molecular formula is C16H17N3O4S. The standard InChI is InChI=1S/C16H17N3O4S/c1-9-14(18-10(2)24-9)16(23)19-12-5-3-11(4-6-12)15(22)17-8-7-13(20)21/h3-6H,7-8H2,1-2H3,(H,17,22)(H,19,23)(H,20,21). The van der Waals surface area contributed by atoms with E-state index in [4.69, 9.17) is 5.11 Å². The van der Waals surface area contributed by atoms with Gasteiger partial charge in [0.2, 0.25) is 0 Å². The van der Waals surface area contributed by atoms with E-state index >= 15 is 0 Å². The van der Waals surface area contributed by atoms with Gasteiger partial charge in [-0.25, -0.2) is 4.98 Å². The largest absolute Gasteiger partial charge is 0.481 e. The minimum absolute atomic E-state index is 0.0646. The highest BCUT2D eigenvalue weighted by Crippen LogP contribution is 2.18. The van der Waals surface area contributed by atoms with Crippen LogP contribution in [-0.2, 0) is 4.79 Å². The Morgan fingerprint density at radius 2 is 1.79 bits per heavy atom. The van der Waals surface area contributed by atoms with E-state index < -0.39 is 5.97 Å². The Hall–Kier alpha value is -2.74. The first-order valence-corrected chi connectivity index (χ1v) is 8.04. The summed E-state index contributed by atoms with van der Waals surface area (Å²) in [4.78, 5) is 39.5. The average Bonchev–Trinajstić information content (AvgIpc) is 2.86. The maximum Gasteiger partial charge on any atom is 0.305 e. The lowest BCUT2D eigenvalue weighted by molar-refractivity contribution is -0.136. The predicted octanol–water partition coefficient (Wildman–Crippen LogP) is 2.22. The number of anilines is 1. The summed E-state index contributed by atoms with van der Waals surface area (Å²) in [5.41, 5.74) is 1.33. The van der Waals surface area contributed by atoms with Gasteiger partial charge in [-0.15, -0.1) is 11.3 Å². The Morgan fingerprint density at radius 1 is 1.12 bits per heavy atom. The number of carbonyl (C=O) groups excluding carboxylic acids is 2. The summed E-state index contributed by atoms with van der Waals surface area (Å²) in [7, 11) is 0. The summed E-state index contributed by atoms with van der Waals surface area (Å²) >= 11 is 1.46. The molecule has 0 aliphatic rings. The Labute approximate surface area is 142 Å². The smallest absolute Gasteiger partial charge is 0.305 e. The van der Waals surface area contributed by atoms with Crippen molar-refractivity contribution in [1.29, 1.82) is 0 Å². The molecule has 1 heterocycles. The summed E-state index contributed by atoms with van der Waals surface area (Å²) in [5.74, 6) is -1.63. The second-order valence-electron chi connectivity index (χ2n) is 5.07. The Morgan fingerprint density at radius 3 is 2.33 bits per heavy atom. The van der Waals surface area contributed by atoms with Crippen molar-refractivity contribution in [2.45, 2.75) is 20.3 Å². The Balaban J connectivity index is 1.96. The van der Waals surface area contributed by atoms with Crippen LogP contribution >= 0.6 is 11.3 Å². The van der Waals surface area contributed by atoms with E-state index in [0.717, 1.165) is 9.88 Å². The molecule has 2 amide bonds. The van der Waals surface area contributed by atoms with E-state index in [-0.39, 0.29) is 24.8 Å². The zero-order valence-corrected chi connectivity index (χ0v) is 14.1. The molecule has 0 unspecified atom stereocenters. The quantitative estimate of drug-likeness (QED) is 0.742. The third kappa shape index (κ3) is 4.63. The van der Waals surface area contributed by atoms with E-state index in [2.05, 4.69) is 15.6 Å². The molecule has 2 aromatic rings. The van der Waals surface area contributed by atoms with Crippen LogP contribution in [0.15, 0.2) is 24.3 Å². The van der Waals surface area contributed by atoms with Crippen molar-refractivity contribution in [2.75, 3.05) is 11.9 Å². The first-order valence-electron chi connectivity index (χ1n) is 7.22. The van der Waals surface area contributed by atoms with Crippen LogP contribution in [0.2, 0.25) is 0 Å². The molecule has 1 aromatic carbocycles. The number of aryl methyl sites for hydroxylation is 2. The number of nitrogens with one attached hydrogen (secondary N) is 2. The van der Waals surface area contributed by atoms with Crippen LogP contribution in [0.3, 0.4) is 0 Å². The van der Waals surface area contributed by atoms with Gasteiger partial charge < -0.3 is 15.7 Å². The van der Waals surface area contributed by atoms with Crippen molar-refractivity contribution in [3.63, 3.8) is 0 Å². The van der Waals surface area contributed by atoms with E-state index in [1.165, 1.54) is 11.3 Å². The lowest BCUT2D eigenvalue weighted by Gasteiger charge is -2.06. The second kappa shape index (κ2) is 7.69. The van der Waals surface area contributed by atoms with Gasteiger partial charge in [-0.05, 0) is 38.1 Å². The summed E-state index contributed by atoms with van der Waals surface area (Å²) in [5, 5.41) is 14.6. The number of aromatic nitrogens is 1. The topological polar surface area (TPSA) is 108 Å². The van der Waals surface area contributed by atoms with E-state index in [1.807, 2.05) is 13.8 Å². The van der Waals surface area contributed by atoms with Crippen LogP contribution in [0.25, 0.3) is 0 Å². The molecule has 0 aliphatic carbocycles. The molecule has 0 saturated carbocycles. The van der Waals surface area contributed by atoms with Gasteiger partial charge in [-0.1, -0.05) is 0 Å². The molecule has 8 heteroatoms. The molecule has 0 bridgehead atoms. The number of carboxylic acid groups (broad SMARTS) is 1. The van der Waals surface area contributed by atoms with Crippen LogP contribution in [0.1, 0.15) is 37.2 Å². The summed E-state index contributed by atoms with van der Waals surface area (Å²) < 4.78 is 0. The number of nitrogens with zero attached hydrogens (tertiary/aromatic N) is 1. The van der Waals surface area contributed by atoms with Crippen molar-refractivity contribution < 1.29 is 19.5 Å². The molecular weight excluding hydrogens is 330 g/mol. The molecule has 0 radical (unpaired) electrons. The Bertz CT molecular complexity index is 768. The first kappa shape index (κ1) is 17.6. The lowest BCUT2D eigenvalue weighted by atomic mass is 10.2. The minimum Gasteiger partial charge on any atom is -0.481 e. The number of amides is 2. The minimum atomic E-state index is -0.971. The highest BCUT2D eigenvalue weighted by atomic mass is 32.1. The first-order chi connectivity index (χ1) is 11.4. The third-order valence-corrected chi connectivity index (χ3v) is 4.03. The number of hydrogen-bond donors (Lipinski definition) is 3. The van der Waals surface area contributed by atoms with Gasteiger partial charge >= 0.3 is 5.97 Å². The van der Waals surface area contributed by atoms with E-state index in [1.54, 1.807) is 24.3 Å². The van der Waals surface area contributed by atoms with E-state index in [9.17, 15) is 14.4 Å². The molecule has 0 spiro atoms. The summed E-state index contributed by atoms with van der Waals surface area (Å²) in [6, 6.07) is 6.34. The third-order valence-electron chi connectivity index (χ3n) is 3.15. The van der Waals surface area contributed by atoms with Crippen molar-refractivity contribution in [1.82, 2.24) is 10.3 Å². The highest BCUT2D eigenvalue weighted by molar-refractivity contribution is 7.11. The molecule has 2 rings (SSSR count). The number of rotatable bonds is 6. The molecule has 3 N–H and O–H groups in total. The van der Waals surface area contributed by atoms with Gasteiger partial charge in [-0.2, -0.15) is 0 Å². The van der Waals surface area contributed by atoms with Gasteiger partial charge in [-0.3, -0.25) is 14.4 Å². The number of hydrogen-bond acceptors (Lipinski definition) is 5. The second-order valence-corrected chi connectivity index (χ2v) is 6.48. The maximum absolute atomic E-state index is 12.2. The molecule has 1 aromatic heterocycles. The number of aliphatic carboxylic acids is 1. The predicted molar refractivity (Wildman–Crippen MR) is 90.6 cm³/mol. The van der Waals surface area contributed by atoms with E-state index in [0.29, 0.717) is 16.9 Å². The zero-order valence-electron chi connectivity index (χ0n) is 13.3. The number of benzene rings is 1. The van der Waals surface area contributed by atoms with Crippen LogP contribution in [-0.4, -0.2) is 34.4 Å². The van der Waals surface area contributed by atoms with Crippen molar-refractivity contribution in [3.05, 3.63) is 45.4 Å². The van der Waals surface area contributed by atoms with Crippen molar-refractivity contribution in [3.8, 4) is 0 Å². The monoisotopic (exact) mass is 347 g/mol. The summed E-state index contributed by atoms with van der Waals surface area (Å²) in [6.45, 7) is 3.74. The maximum atomic E-state index is 12.2. The molecule has 24 heavy (non-hydrogen) atoms. The number of carbonyl (C=O) groups is 3. The zero-order chi connectivity index (χ0) is 17.7. The van der Waals surface area contributed by atoms with Crippen LogP contribution in [0.4, 0.5) is 5.69 Å². The highest BCUT2D eigenvalue weighted by Gasteiger charge is 2.14.